The Hall–Kier alpha value is 0.490. The number of halogens is 1. The molecule has 0 spiro atoms. The van der Waals surface area contributed by atoms with Gasteiger partial charge >= 0.3 is 188 Å². The van der Waals surface area contributed by atoms with Crippen molar-refractivity contribution < 1.29 is 36.1 Å². The van der Waals surface area contributed by atoms with Crippen molar-refractivity contribution in [2.24, 2.45) is 11.8 Å². The summed E-state index contributed by atoms with van der Waals surface area (Å²) < 4.78 is 7.22. The molecule has 29 heavy (non-hydrogen) atoms. The van der Waals surface area contributed by atoms with Gasteiger partial charge in [-0.15, -0.1) is 0 Å². The second kappa shape index (κ2) is 9.96. The van der Waals surface area contributed by atoms with Crippen LogP contribution < -0.4 is 37.4 Å². The molecular weight excluding hydrogens is 481 g/mol. The Kier molecular flexibility index (Phi) is 8.29. The molecule has 7 heteroatoms. The van der Waals surface area contributed by atoms with Gasteiger partial charge in [0.05, 0.1) is 0 Å². The summed E-state index contributed by atoms with van der Waals surface area (Å²) in [5.41, 5.74) is 7.83. The van der Waals surface area contributed by atoms with Gasteiger partial charge in [-0.25, -0.2) is 0 Å². The topological polar surface area (TPSA) is 74.8 Å². The number of hydrazine groups is 1. The molecule has 0 aromatic carbocycles. The van der Waals surface area contributed by atoms with Gasteiger partial charge in [0.1, 0.15) is 0 Å². The summed E-state index contributed by atoms with van der Waals surface area (Å²) >= 11 is 0.0823. The third-order valence-electron chi connectivity index (χ3n) is 7.14. The van der Waals surface area contributed by atoms with E-state index in [2.05, 4.69) is 55.7 Å². The van der Waals surface area contributed by atoms with Crippen LogP contribution in [0.4, 0.5) is 0 Å². The van der Waals surface area contributed by atoms with E-state index >= 15 is 0 Å². The molecule has 0 aromatic rings. The van der Waals surface area contributed by atoms with Crippen molar-refractivity contribution in [2.75, 3.05) is 7.11 Å². The van der Waals surface area contributed by atoms with Gasteiger partial charge in [0.15, 0.2) is 0 Å². The van der Waals surface area contributed by atoms with E-state index in [1.165, 1.54) is 25.7 Å². The van der Waals surface area contributed by atoms with Crippen molar-refractivity contribution in [1.29, 1.82) is 0 Å². The fraction of sp³-hybridized carbons (Fsp3) is 1.00. The molecule has 0 bridgehead atoms. The second-order valence-electron chi connectivity index (χ2n) is 10.8. The van der Waals surface area contributed by atoms with Crippen LogP contribution in [0, 0.1) is 11.8 Å². The minimum absolute atomic E-state index is 0.0781. The maximum absolute atomic E-state index is 9.01. The third kappa shape index (κ3) is 6.49. The van der Waals surface area contributed by atoms with Crippen LogP contribution in [0.15, 0.2) is 0 Å². The van der Waals surface area contributed by atoms with Gasteiger partial charge < -0.3 is 0 Å². The van der Waals surface area contributed by atoms with E-state index in [1.807, 2.05) is 0 Å². The van der Waals surface area contributed by atoms with Crippen molar-refractivity contribution >= 4 is 0 Å². The van der Waals surface area contributed by atoms with E-state index < -0.39 is 0 Å². The van der Waals surface area contributed by atoms with Crippen molar-refractivity contribution in [3.05, 3.63) is 0 Å². The van der Waals surface area contributed by atoms with Crippen molar-refractivity contribution in [3.8, 4) is 0 Å². The zero-order valence-electron chi connectivity index (χ0n) is 19.1. The predicted octanol–water partition coefficient (Wildman–Crippen LogP) is 0.277. The summed E-state index contributed by atoms with van der Waals surface area (Å²) in [6.07, 6.45) is 7.85. The molecule has 1 aliphatic carbocycles. The molecule has 0 amide bonds. The van der Waals surface area contributed by atoms with E-state index in [-0.39, 0.29) is 44.5 Å². The SMILES string of the molecule is COC1CC(OO)CCC1C1CCC([I-]C(C)C2CC(C)(C)NC(C)(C)C2)NN1. The van der Waals surface area contributed by atoms with E-state index in [9.17, 15) is 0 Å². The normalized spacial score (nSPS) is 39.3. The summed E-state index contributed by atoms with van der Waals surface area (Å²) in [6.45, 7) is 11.9. The number of ether oxygens (including phenoxy) is 1. The van der Waals surface area contributed by atoms with Gasteiger partial charge in [0.2, 0.25) is 0 Å². The summed E-state index contributed by atoms with van der Waals surface area (Å²) in [6, 6.07) is 0.451. The molecule has 6 nitrogen and oxygen atoms in total. The van der Waals surface area contributed by atoms with Crippen LogP contribution in [-0.2, 0) is 9.62 Å². The molecule has 4 N–H and O–H groups in total. The fourth-order valence-corrected chi connectivity index (χ4v) is 9.64. The molecule has 2 saturated heterocycles. The first-order chi connectivity index (χ1) is 13.6. The summed E-state index contributed by atoms with van der Waals surface area (Å²) in [7, 11) is 1.78. The molecule has 2 aliphatic heterocycles. The van der Waals surface area contributed by atoms with Crippen LogP contribution >= 0.6 is 0 Å². The zero-order valence-corrected chi connectivity index (χ0v) is 21.3. The maximum atomic E-state index is 9.01. The van der Waals surface area contributed by atoms with Crippen LogP contribution in [0.1, 0.15) is 79.6 Å². The first-order valence-electron chi connectivity index (χ1n) is 11.4. The number of piperidine rings is 1. The van der Waals surface area contributed by atoms with Crippen molar-refractivity contribution in [3.63, 3.8) is 0 Å². The average molecular weight is 525 g/mol. The Labute approximate surface area is 187 Å². The molecule has 172 valence electrons. The number of methoxy groups -OCH3 is 1. The molecular formula is C22H43IN3O3-. The Balaban J connectivity index is 1.48. The van der Waals surface area contributed by atoms with E-state index in [0.29, 0.717) is 16.0 Å². The molecule has 6 atom stereocenters. The third-order valence-corrected chi connectivity index (χ3v) is 11.1. The number of hydrogen-bond donors (Lipinski definition) is 4. The molecule has 3 fully saturated rings. The first kappa shape index (κ1) is 24.1. The molecule has 3 rings (SSSR count). The van der Waals surface area contributed by atoms with E-state index in [0.717, 1.165) is 29.1 Å². The number of nitrogens with one attached hydrogen (secondary N) is 3. The minimum atomic E-state index is -0.0781. The molecule has 3 aliphatic rings. The molecule has 2 heterocycles. The molecule has 6 unspecified atom stereocenters. The Morgan fingerprint density at radius 1 is 1.00 bits per heavy atom. The predicted molar refractivity (Wildman–Crippen MR) is 112 cm³/mol. The second-order valence-corrected chi connectivity index (χ2v) is 15.0. The molecule has 1 saturated carbocycles. The Bertz CT molecular complexity index is 509. The van der Waals surface area contributed by atoms with Crippen LogP contribution in [0.25, 0.3) is 0 Å². The monoisotopic (exact) mass is 524 g/mol. The Morgan fingerprint density at radius 2 is 1.69 bits per heavy atom. The summed E-state index contributed by atoms with van der Waals surface area (Å²) in [5, 5.41) is 12.8. The molecule has 0 radical (unpaired) electrons. The average Bonchev–Trinajstić information content (AvgIpc) is 2.65. The van der Waals surface area contributed by atoms with E-state index in [1.54, 1.807) is 7.11 Å². The zero-order chi connectivity index (χ0) is 21.2. The van der Waals surface area contributed by atoms with Gasteiger partial charge in [0, 0.05) is 0 Å². The van der Waals surface area contributed by atoms with Gasteiger partial charge in [-0.3, -0.25) is 0 Å². The van der Waals surface area contributed by atoms with Gasteiger partial charge in [-0.05, 0) is 0 Å². The number of alkyl halides is 2. The summed E-state index contributed by atoms with van der Waals surface area (Å²) in [5.74, 6) is 1.31. The summed E-state index contributed by atoms with van der Waals surface area (Å²) in [4.78, 5) is 4.59. The van der Waals surface area contributed by atoms with Gasteiger partial charge in [0.25, 0.3) is 0 Å². The Morgan fingerprint density at radius 3 is 2.24 bits per heavy atom. The number of rotatable bonds is 6. The number of hydrogen-bond acceptors (Lipinski definition) is 6. The van der Waals surface area contributed by atoms with Crippen LogP contribution in [0.3, 0.4) is 0 Å². The molecule has 0 aromatic heterocycles. The van der Waals surface area contributed by atoms with Crippen LogP contribution in [0.5, 0.6) is 0 Å². The van der Waals surface area contributed by atoms with Crippen molar-refractivity contribution in [2.45, 2.75) is 117 Å². The fourth-order valence-electron chi connectivity index (χ4n) is 6.10. The van der Waals surface area contributed by atoms with E-state index in [4.69, 9.17) is 9.99 Å². The van der Waals surface area contributed by atoms with Gasteiger partial charge in [-0.2, -0.15) is 0 Å². The van der Waals surface area contributed by atoms with Crippen LogP contribution in [0.2, 0.25) is 0 Å². The quantitative estimate of drug-likeness (QED) is 0.132. The van der Waals surface area contributed by atoms with Crippen LogP contribution in [-0.4, -0.2) is 49.7 Å². The first-order valence-corrected chi connectivity index (χ1v) is 13.9. The standard InChI is InChI=1S/C22H43IN3O3/c1-14(15-12-21(2,3)26-22(4,5)13-15)23-20-10-9-18(24-25-20)17-8-7-16(29-27)11-19(17)28-6/h14-20,24-27H,7-13H2,1-6H3/q-1. The van der Waals surface area contributed by atoms with Gasteiger partial charge in [-0.1, -0.05) is 0 Å². The van der Waals surface area contributed by atoms with Crippen molar-refractivity contribution in [1.82, 2.24) is 16.2 Å².